The summed E-state index contributed by atoms with van der Waals surface area (Å²) in [5.74, 6) is -3.81. The van der Waals surface area contributed by atoms with Crippen molar-refractivity contribution < 1.29 is 18.4 Å². The first-order valence-electron chi connectivity index (χ1n) is 5.78. The lowest BCUT2D eigenvalue weighted by atomic mass is 10.3. The van der Waals surface area contributed by atoms with Gasteiger partial charge in [-0.05, 0) is 36.4 Å². The first-order chi connectivity index (χ1) is 9.95. The molecule has 0 atom stereocenters. The molecule has 21 heavy (non-hydrogen) atoms. The summed E-state index contributed by atoms with van der Waals surface area (Å²) < 4.78 is 26.1. The van der Waals surface area contributed by atoms with Gasteiger partial charge < -0.3 is 10.6 Å². The Morgan fingerprint density at radius 2 is 1.52 bits per heavy atom. The quantitative estimate of drug-likeness (QED) is 0.837. The van der Waals surface area contributed by atoms with E-state index in [1.165, 1.54) is 24.3 Å². The molecule has 2 aromatic carbocycles. The fourth-order valence-electron chi connectivity index (χ4n) is 1.49. The molecule has 0 bridgehead atoms. The van der Waals surface area contributed by atoms with E-state index in [2.05, 4.69) is 10.6 Å². The number of nitrogens with one attached hydrogen (secondary N) is 2. The molecule has 7 heteroatoms. The van der Waals surface area contributed by atoms with Gasteiger partial charge in [0, 0.05) is 16.8 Å². The van der Waals surface area contributed by atoms with E-state index in [9.17, 15) is 18.4 Å². The second-order valence-electron chi connectivity index (χ2n) is 4.04. The van der Waals surface area contributed by atoms with Gasteiger partial charge in [0.05, 0.1) is 5.69 Å². The van der Waals surface area contributed by atoms with E-state index in [0.717, 1.165) is 12.1 Å². The van der Waals surface area contributed by atoms with E-state index < -0.39 is 23.4 Å². The molecule has 2 aromatic rings. The first kappa shape index (κ1) is 14.9. The molecule has 0 unspecified atom stereocenters. The Morgan fingerprint density at radius 3 is 2.14 bits per heavy atom. The highest BCUT2D eigenvalue weighted by atomic mass is 35.5. The molecule has 0 aliphatic carbocycles. The topological polar surface area (TPSA) is 58.2 Å². The van der Waals surface area contributed by atoms with Gasteiger partial charge in [0.1, 0.15) is 11.6 Å². The zero-order valence-corrected chi connectivity index (χ0v) is 11.2. The van der Waals surface area contributed by atoms with Crippen molar-refractivity contribution in [1.29, 1.82) is 0 Å². The van der Waals surface area contributed by atoms with Crippen LogP contribution in [-0.4, -0.2) is 11.8 Å². The molecule has 0 fully saturated rings. The van der Waals surface area contributed by atoms with Crippen LogP contribution in [0.5, 0.6) is 0 Å². The summed E-state index contributed by atoms with van der Waals surface area (Å²) in [7, 11) is 0. The minimum Gasteiger partial charge on any atom is -0.318 e. The third kappa shape index (κ3) is 4.00. The number of halogens is 3. The zero-order chi connectivity index (χ0) is 15.4. The predicted octanol–water partition coefficient (Wildman–Crippen LogP) is 3.20. The molecule has 0 heterocycles. The Labute approximate surface area is 123 Å². The van der Waals surface area contributed by atoms with Crippen LogP contribution < -0.4 is 10.6 Å². The number of benzene rings is 2. The summed E-state index contributed by atoms with van der Waals surface area (Å²) in [6.45, 7) is 0. The van der Waals surface area contributed by atoms with Gasteiger partial charge in [0.15, 0.2) is 0 Å². The van der Waals surface area contributed by atoms with Gasteiger partial charge in [-0.1, -0.05) is 11.6 Å². The first-order valence-corrected chi connectivity index (χ1v) is 6.16. The van der Waals surface area contributed by atoms with E-state index in [4.69, 9.17) is 11.6 Å². The summed E-state index contributed by atoms with van der Waals surface area (Å²) in [6.07, 6.45) is 0. The highest BCUT2D eigenvalue weighted by Crippen LogP contribution is 2.16. The van der Waals surface area contributed by atoms with E-state index in [0.29, 0.717) is 16.8 Å². The number of carbonyl (C=O) groups excluding carboxylic acids is 2. The highest BCUT2D eigenvalue weighted by molar-refractivity contribution is 6.43. The maximum atomic E-state index is 13.3. The molecule has 108 valence electrons. The maximum absolute atomic E-state index is 13.3. The van der Waals surface area contributed by atoms with Crippen molar-refractivity contribution in [3.05, 3.63) is 59.1 Å². The second kappa shape index (κ2) is 6.32. The second-order valence-corrected chi connectivity index (χ2v) is 4.48. The van der Waals surface area contributed by atoms with Crippen molar-refractivity contribution in [3.8, 4) is 0 Å². The van der Waals surface area contributed by atoms with Gasteiger partial charge in [-0.25, -0.2) is 8.78 Å². The molecule has 0 saturated carbocycles. The standard InChI is InChI=1S/C14H9ClF2N2O2/c15-8-1-4-10(5-2-8)18-13(20)14(21)19-12-6-3-9(16)7-11(12)17/h1-7H,(H,18,20)(H,19,21). The lowest BCUT2D eigenvalue weighted by Crippen LogP contribution is -2.29. The number of rotatable bonds is 2. The van der Waals surface area contributed by atoms with E-state index in [1.54, 1.807) is 0 Å². The van der Waals surface area contributed by atoms with Crippen LogP contribution in [0, 0.1) is 11.6 Å². The highest BCUT2D eigenvalue weighted by Gasteiger charge is 2.16. The lowest BCUT2D eigenvalue weighted by molar-refractivity contribution is -0.133. The number of anilines is 2. The van der Waals surface area contributed by atoms with Gasteiger partial charge in [-0.15, -0.1) is 0 Å². The molecule has 2 N–H and O–H groups in total. The Bertz CT molecular complexity index is 690. The maximum Gasteiger partial charge on any atom is 0.314 e. The minimum absolute atomic E-state index is 0.285. The van der Waals surface area contributed by atoms with Crippen LogP contribution in [0.3, 0.4) is 0 Å². The number of carbonyl (C=O) groups is 2. The molecular weight excluding hydrogens is 302 g/mol. The van der Waals surface area contributed by atoms with Gasteiger partial charge in [0.2, 0.25) is 0 Å². The fourth-order valence-corrected chi connectivity index (χ4v) is 1.62. The Kier molecular flexibility index (Phi) is 4.49. The number of hydrogen-bond donors (Lipinski definition) is 2. The third-order valence-corrected chi connectivity index (χ3v) is 2.74. The van der Waals surface area contributed by atoms with Crippen LogP contribution in [0.25, 0.3) is 0 Å². The fraction of sp³-hybridized carbons (Fsp3) is 0. The third-order valence-electron chi connectivity index (χ3n) is 2.49. The molecule has 0 aromatic heterocycles. The van der Waals surface area contributed by atoms with Crippen LogP contribution in [0.4, 0.5) is 20.2 Å². The Hall–Kier alpha value is -2.47. The molecule has 2 amide bonds. The molecule has 0 radical (unpaired) electrons. The van der Waals surface area contributed by atoms with Crippen molar-refractivity contribution in [1.82, 2.24) is 0 Å². The normalized spacial score (nSPS) is 10.0. The van der Waals surface area contributed by atoms with E-state index in [1.807, 2.05) is 0 Å². The molecule has 0 spiro atoms. The van der Waals surface area contributed by atoms with Crippen LogP contribution >= 0.6 is 11.6 Å². The molecule has 4 nitrogen and oxygen atoms in total. The number of hydrogen-bond acceptors (Lipinski definition) is 2. The lowest BCUT2D eigenvalue weighted by Gasteiger charge is -2.07. The van der Waals surface area contributed by atoms with Crippen molar-refractivity contribution >= 4 is 34.8 Å². The van der Waals surface area contributed by atoms with Crippen LogP contribution in [0.15, 0.2) is 42.5 Å². The molecule has 2 rings (SSSR count). The summed E-state index contributed by atoms with van der Waals surface area (Å²) >= 11 is 5.68. The van der Waals surface area contributed by atoms with Gasteiger partial charge in [-0.3, -0.25) is 9.59 Å². The average molecular weight is 311 g/mol. The van der Waals surface area contributed by atoms with Gasteiger partial charge in [-0.2, -0.15) is 0 Å². The van der Waals surface area contributed by atoms with Crippen molar-refractivity contribution in [2.45, 2.75) is 0 Å². The summed E-state index contributed by atoms with van der Waals surface area (Å²) in [5.41, 5.74) is 0.0757. The number of amides is 2. The Morgan fingerprint density at radius 1 is 0.905 bits per heavy atom. The van der Waals surface area contributed by atoms with Crippen LogP contribution in [0.2, 0.25) is 5.02 Å². The molecule has 0 saturated heterocycles. The van der Waals surface area contributed by atoms with Crippen molar-refractivity contribution in [3.63, 3.8) is 0 Å². The molecule has 0 aliphatic rings. The summed E-state index contributed by atoms with van der Waals surface area (Å²) in [4.78, 5) is 23.2. The SMILES string of the molecule is O=C(Nc1ccc(Cl)cc1)C(=O)Nc1ccc(F)cc1F. The largest absolute Gasteiger partial charge is 0.318 e. The van der Waals surface area contributed by atoms with Crippen LogP contribution in [-0.2, 0) is 9.59 Å². The van der Waals surface area contributed by atoms with Gasteiger partial charge in [0.25, 0.3) is 0 Å². The smallest absolute Gasteiger partial charge is 0.314 e. The summed E-state index contributed by atoms with van der Waals surface area (Å²) in [6, 6.07) is 8.68. The van der Waals surface area contributed by atoms with Gasteiger partial charge >= 0.3 is 11.8 Å². The molecule has 0 aliphatic heterocycles. The average Bonchev–Trinajstić information content (AvgIpc) is 2.44. The van der Waals surface area contributed by atoms with Crippen molar-refractivity contribution in [2.75, 3.05) is 10.6 Å². The molecular formula is C14H9ClF2N2O2. The van der Waals surface area contributed by atoms with Crippen LogP contribution in [0.1, 0.15) is 0 Å². The van der Waals surface area contributed by atoms with Crippen molar-refractivity contribution in [2.24, 2.45) is 0 Å². The van der Waals surface area contributed by atoms with E-state index in [-0.39, 0.29) is 5.69 Å². The summed E-state index contributed by atoms with van der Waals surface area (Å²) in [5, 5.41) is 4.84. The van der Waals surface area contributed by atoms with E-state index >= 15 is 0 Å². The predicted molar refractivity (Wildman–Crippen MR) is 75.1 cm³/mol. The monoisotopic (exact) mass is 310 g/mol. The minimum atomic E-state index is -1.07. The zero-order valence-electron chi connectivity index (χ0n) is 10.5. The Balaban J connectivity index is 2.02.